The summed E-state index contributed by atoms with van der Waals surface area (Å²) in [4.78, 5) is 2.50. The number of likely N-dealkylation sites (tertiary alicyclic amines) is 1. The molecule has 1 atom stereocenters. The van der Waals surface area contributed by atoms with Gasteiger partial charge in [0.05, 0.1) is 0 Å². The first kappa shape index (κ1) is 15.4. The molecule has 2 aliphatic heterocycles. The molecule has 0 bridgehead atoms. The number of thiocarbonyl (C=S) groups is 1. The Morgan fingerprint density at radius 3 is 2.73 bits per heavy atom. The van der Waals surface area contributed by atoms with Gasteiger partial charge < -0.3 is 20.1 Å². The van der Waals surface area contributed by atoms with Gasteiger partial charge in [-0.1, -0.05) is 0 Å². The molecular weight excluding hydrogens is 298 g/mol. The summed E-state index contributed by atoms with van der Waals surface area (Å²) in [7, 11) is 0. The molecule has 5 nitrogen and oxygen atoms in total. The summed E-state index contributed by atoms with van der Waals surface area (Å²) in [6, 6.07) is 6.28. The minimum atomic E-state index is 0.502. The molecule has 1 saturated heterocycles. The van der Waals surface area contributed by atoms with Gasteiger partial charge in [0, 0.05) is 24.3 Å². The van der Waals surface area contributed by atoms with Crippen molar-refractivity contribution < 1.29 is 9.47 Å². The fourth-order valence-electron chi connectivity index (χ4n) is 2.85. The molecule has 120 valence electrons. The van der Waals surface area contributed by atoms with Crippen molar-refractivity contribution in [1.29, 1.82) is 0 Å². The molecule has 22 heavy (non-hydrogen) atoms. The normalized spacial score (nSPS) is 18.8. The Morgan fingerprint density at radius 1 is 1.23 bits per heavy atom. The van der Waals surface area contributed by atoms with E-state index in [4.69, 9.17) is 21.7 Å². The number of nitrogens with one attached hydrogen (secondary N) is 2. The quantitative estimate of drug-likeness (QED) is 0.829. The second kappa shape index (κ2) is 7.15. The molecule has 2 aliphatic rings. The zero-order valence-electron chi connectivity index (χ0n) is 12.9. The number of nitrogens with zero attached hydrogens (tertiary/aromatic N) is 1. The molecule has 0 spiro atoms. The highest BCUT2D eigenvalue weighted by atomic mass is 32.1. The van der Waals surface area contributed by atoms with E-state index in [1.807, 2.05) is 18.2 Å². The van der Waals surface area contributed by atoms with Crippen molar-refractivity contribution in [1.82, 2.24) is 10.2 Å². The first-order valence-electron chi connectivity index (χ1n) is 7.91. The summed E-state index contributed by atoms with van der Waals surface area (Å²) >= 11 is 5.37. The van der Waals surface area contributed by atoms with Crippen LogP contribution < -0.4 is 20.1 Å². The summed E-state index contributed by atoms with van der Waals surface area (Å²) in [5.74, 6) is 1.56. The molecule has 0 aromatic heterocycles. The van der Waals surface area contributed by atoms with E-state index in [2.05, 4.69) is 22.5 Å². The summed E-state index contributed by atoms with van der Waals surface area (Å²) in [6.45, 7) is 6.69. The van der Waals surface area contributed by atoms with Gasteiger partial charge in [0.1, 0.15) is 13.2 Å². The summed E-state index contributed by atoms with van der Waals surface area (Å²) in [6.07, 6.45) is 2.62. The largest absolute Gasteiger partial charge is 0.486 e. The van der Waals surface area contributed by atoms with E-state index in [1.54, 1.807) is 0 Å². The Balaban J connectivity index is 1.49. The third kappa shape index (κ3) is 3.81. The van der Waals surface area contributed by atoms with Crippen LogP contribution in [0.5, 0.6) is 11.5 Å². The average molecular weight is 321 g/mol. The van der Waals surface area contributed by atoms with Crippen molar-refractivity contribution in [3.63, 3.8) is 0 Å². The van der Waals surface area contributed by atoms with E-state index >= 15 is 0 Å². The molecule has 2 N–H and O–H groups in total. The topological polar surface area (TPSA) is 45.8 Å². The van der Waals surface area contributed by atoms with E-state index in [-0.39, 0.29) is 0 Å². The second-order valence-corrected chi connectivity index (χ2v) is 6.19. The minimum absolute atomic E-state index is 0.502. The highest BCUT2D eigenvalue weighted by Crippen LogP contribution is 2.32. The van der Waals surface area contributed by atoms with Gasteiger partial charge in [0.2, 0.25) is 0 Å². The number of hydrogen-bond acceptors (Lipinski definition) is 4. The van der Waals surface area contributed by atoms with Crippen molar-refractivity contribution in [3.05, 3.63) is 18.2 Å². The monoisotopic (exact) mass is 321 g/mol. The van der Waals surface area contributed by atoms with E-state index < -0.39 is 0 Å². The highest BCUT2D eigenvalue weighted by molar-refractivity contribution is 7.80. The van der Waals surface area contributed by atoms with Gasteiger partial charge in [0.15, 0.2) is 16.6 Å². The molecule has 6 heteroatoms. The van der Waals surface area contributed by atoms with Crippen molar-refractivity contribution in [2.75, 3.05) is 38.2 Å². The molecule has 2 heterocycles. The second-order valence-electron chi connectivity index (χ2n) is 5.79. The Hall–Kier alpha value is -1.53. The lowest BCUT2D eigenvalue weighted by atomic mass is 10.2. The Bertz CT molecular complexity index is 532. The van der Waals surface area contributed by atoms with Gasteiger partial charge in [-0.15, -0.1) is 0 Å². The van der Waals surface area contributed by atoms with Gasteiger partial charge in [0.25, 0.3) is 0 Å². The minimum Gasteiger partial charge on any atom is -0.486 e. The standard InChI is InChI=1S/C16H23N3O2S/c1-12(19-6-2-3-7-19)11-17-16(22)18-13-4-5-14-15(10-13)21-9-8-20-14/h4-5,10,12H,2-3,6-9,11H2,1H3,(H2,17,18,22)/t12-/m1/s1. The zero-order chi connectivity index (χ0) is 15.4. The lowest BCUT2D eigenvalue weighted by molar-refractivity contribution is 0.171. The van der Waals surface area contributed by atoms with Crippen LogP contribution in [0.4, 0.5) is 5.69 Å². The molecule has 0 radical (unpaired) electrons. The smallest absolute Gasteiger partial charge is 0.170 e. The van der Waals surface area contributed by atoms with Crippen molar-refractivity contribution >= 4 is 23.0 Å². The van der Waals surface area contributed by atoms with Gasteiger partial charge >= 0.3 is 0 Å². The number of hydrogen-bond donors (Lipinski definition) is 2. The van der Waals surface area contributed by atoms with Crippen molar-refractivity contribution in [2.24, 2.45) is 0 Å². The summed E-state index contributed by atoms with van der Waals surface area (Å²) < 4.78 is 11.1. The maximum absolute atomic E-state index is 5.58. The van der Waals surface area contributed by atoms with Crippen LogP contribution in [0.3, 0.4) is 0 Å². The van der Waals surface area contributed by atoms with E-state index in [0.717, 1.165) is 23.7 Å². The molecule has 1 aromatic rings. The third-order valence-electron chi connectivity index (χ3n) is 4.12. The van der Waals surface area contributed by atoms with Crippen LogP contribution in [0.1, 0.15) is 19.8 Å². The summed E-state index contributed by atoms with van der Waals surface area (Å²) in [5, 5.41) is 7.14. The van der Waals surface area contributed by atoms with Crippen LogP contribution in [0, 0.1) is 0 Å². The van der Waals surface area contributed by atoms with E-state index in [0.29, 0.717) is 24.4 Å². The summed E-state index contributed by atoms with van der Waals surface area (Å²) in [5.41, 5.74) is 0.913. The maximum Gasteiger partial charge on any atom is 0.170 e. The molecule has 0 saturated carbocycles. The first-order chi connectivity index (χ1) is 10.7. The predicted molar refractivity (Wildman–Crippen MR) is 91.9 cm³/mol. The van der Waals surface area contributed by atoms with Crippen molar-refractivity contribution in [2.45, 2.75) is 25.8 Å². The molecule has 0 unspecified atom stereocenters. The third-order valence-corrected chi connectivity index (χ3v) is 4.37. The van der Waals surface area contributed by atoms with Crippen LogP contribution in [0.2, 0.25) is 0 Å². The van der Waals surface area contributed by atoms with Crippen LogP contribution in [-0.4, -0.2) is 48.9 Å². The Labute approximate surface area is 137 Å². The molecule has 1 fully saturated rings. The van der Waals surface area contributed by atoms with Gasteiger partial charge in [-0.05, 0) is 57.2 Å². The zero-order valence-corrected chi connectivity index (χ0v) is 13.7. The molecular formula is C16H23N3O2S. The van der Waals surface area contributed by atoms with E-state index in [9.17, 15) is 0 Å². The Kier molecular flexibility index (Phi) is 5.00. The number of ether oxygens (including phenoxy) is 2. The van der Waals surface area contributed by atoms with Crippen LogP contribution in [0.25, 0.3) is 0 Å². The fraction of sp³-hybridized carbons (Fsp3) is 0.562. The molecule has 1 aromatic carbocycles. The van der Waals surface area contributed by atoms with Gasteiger partial charge in [-0.3, -0.25) is 4.90 Å². The highest BCUT2D eigenvalue weighted by Gasteiger charge is 2.18. The fourth-order valence-corrected chi connectivity index (χ4v) is 3.05. The number of fused-ring (bicyclic) bond motifs is 1. The van der Waals surface area contributed by atoms with Crippen LogP contribution in [0.15, 0.2) is 18.2 Å². The van der Waals surface area contributed by atoms with Crippen LogP contribution in [-0.2, 0) is 0 Å². The predicted octanol–water partition coefficient (Wildman–Crippen LogP) is 2.23. The van der Waals surface area contributed by atoms with Gasteiger partial charge in [-0.25, -0.2) is 0 Å². The molecule has 0 amide bonds. The number of anilines is 1. The SMILES string of the molecule is C[C@H](CNC(=S)Nc1ccc2c(c1)OCCO2)N1CCCC1. The average Bonchev–Trinajstić information content (AvgIpc) is 3.07. The first-order valence-corrected chi connectivity index (χ1v) is 8.32. The van der Waals surface area contributed by atoms with Gasteiger partial charge in [-0.2, -0.15) is 0 Å². The van der Waals surface area contributed by atoms with Crippen molar-refractivity contribution in [3.8, 4) is 11.5 Å². The number of rotatable bonds is 4. The lowest BCUT2D eigenvalue weighted by Gasteiger charge is -2.24. The van der Waals surface area contributed by atoms with E-state index in [1.165, 1.54) is 25.9 Å². The maximum atomic E-state index is 5.58. The lowest BCUT2D eigenvalue weighted by Crippen LogP contribution is -2.42. The Morgan fingerprint density at radius 2 is 1.95 bits per heavy atom. The molecule has 3 rings (SSSR count). The molecule has 0 aliphatic carbocycles. The van der Waals surface area contributed by atoms with Crippen LogP contribution >= 0.6 is 12.2 Å². The number of benzene rings is 1.